The zero-order valence-electron chi connectivity index (χ0n) is 9.90. The van der Waals surface area contributed by atoms with E-state index in [9.17, 15) is 0 Å². The van der Waals surface area contributed by atoms with Gasteiger partial charge in [0, 0.05) is 25.0 Å². The van der Waals surface area contributed by atoms with E-state index in [2.05, 4.69) is 27.5 Å². The van der Waals surface area contributed by atoms with E-state index >= 15 is 0 Å². The molecule has 1 aromatic heterocycles. The molecule has 1 aliphatic rings. The van der Waals surface area contributed by atoms with Gasteiger partial charge in [0.2, 0.25) is 0 Å². The van der Waals surface area contributed by atoms with Crippen molar-refractivity contribution in [3.8, 4) is 0 Å². The summed E-state index contributed by atoms with van der Waals surface area (Å²) >= 11 is 1.73. The van der Waals surface area contributed by atoms with Crippen molar-refractivity contribution in [2.45, 2.75) is 26.0 Å². The predicted molar refractivity (Wildman–Crippen MR) is 67.1 cm³/mol. The number of aromatic nitrogens is 1. The summed E-state index contributed by atoms with van der Waals surface area (Å²) < 4.78 is 5.66. The van der Waals surface area contributed by atoms with E-state index in [1.165, 1.54) is 0 Å². The normalized spacial score (nSPS) is 21.4. The van der Waals surface area contributed by atoms with E-state index in [1.807, 2.05) is 7.05 Å². The smallest absolute Gasteiger partial charge is 0.185 e. The van der Waals surface area contributed by atoms with Gasteiger partial charge >= 0.3 is 0 Å². The Bertz CT molecular complexity index is 329. The molecular weight excluding hydrogens is 222 g/mol. The van der Waals surface area contributed by atoms with Crippen LogP contribution in [0, 0.1) is 0 Å². The van der Waals surface area contributed by atoms with Gasteiger partial charge in [-0.25, -0.2) is 4.98 Å². The molecule has 2 rings (SSSR count). The molecule has 0 spiro atoms. The summed E-state index contributed by atoms with van der Waals surface area (Å²) in [6, 6.07) is 0. The molecule has 1 fully saturated rings. The zero-order chi connectivity index (χ0) is 11.4. The Morgan fingerprint density at radius 1 is 1.69 bits per heavy atom. The van der Waals surface area contributed by atoms with Crippen LogP contribution in [0.15, 0.2) is 5.38 Å². The summed E-state index contributed by atoms with van der Waals surface area (Å²) in [6.07, 6.45) is 1.44. The number of morpholine rings is 1. The standard InChI is InChI=1S/C11H19N3OS/c1-3-10-7-14(4-5-15-10)11-13-9(6-12-2)8-16-11/h8,10,12H,3-7H2,1-2H3. The van der Waals surface area contributed by atoms with Crippen molar-refractivity contribution in [1.82, 2.24) is 10.3 Å². The molecular formula is C11H19N3OS. The Labute approximate surface area is 101 Å². The van der Waals surface area contributed by atoms with Gasteiger partial charge < -0.3 is 15.0 Å². The average molecular weight is 241 g/mol. The molecule has 1 aliphatic heterocycles. The van der Waals surface area contributed by atoms with Gasteiger partial charge in [-0.05, 0) is 13.5 Å². The topological polar surface area (TPSA) is 37.4 Å². The first kappa shape index (κ1) is 11.8. The number of thiazole rings is 1. The number of ether oxygens (including phenoxy) is 1. The zero-order valence-corrected chi connectivity index (χ0v) is 10.7. The maximum absolute atomic E-state index is 5.66. The van der Waals surface area contributed by atoms with Crippen LogP contribution < -0.4 is 10.2 Å². The fraction of sp³-hybridized carbons (Fsp3) is 0.727. The number of rotatable bonds is 4. The lowest BCUT2D eigenvalue weighted by Crippen LogP contribution is -2.42. The fourth-order valence-corrected chi connectivity index (χ4v) is 2.71. The molecule has 2 heterocycles. The fourth-order valence-electron chi connectivity index (χ4n) is 1.84. The largest absolute Gasteiger partial charge is 0.375 e. The Morgan fingerprint density at radius 2 is 2.56 bits per heavy atom. The van der Waals surface area contributed by atoms with E-state index in [4.69, 9.17) is 4.74 Å². The lowest BCUT2D eigenvalue weighted by molar-refractivity contribution is 0.0384. The van der Waals surface area contributed by atoms with Crippen molar-refractivity contribution in [2.75, 3.05) is 31.6 Å². The van der Waals surface area contributed by atoms with Crippen molar-refractivity contribution in [3.05, 3.63) is 11.1 Å². The monoisotopic (exact) mass is 241 g/mol. The second-order valence-corrected chi connectivity index (χ2v) is 4.84. The Morgan fingerprint density at radius 3 is 3.31 bits per heavy atom. The molecule has 5 heteroatoms. The van der Waals surface area contributed by atoms with Crippen molar-refractivity contribution >= 4 is 16.5 Å². The first-order chi connectivity index (χ1) is 7.83. The predicted octanol–water partition coefficient (Wildman–Crippen LogP) is 1.48. The Kier molecular flexibility index (Phi) is 4.15. The van der Waals surface area contributed by atoms with Gasteiger partial charge in [0.15, 0.2) is 5.13 Å². The van der Waals surface area contributed by atoms with Gasteiger partial charge in [-0.15, -0.1) is 11.3 Å². The van der Waals surface area contributed by atoms with Gasteiger partial charge in [-0.3, -0.25) is 0 Å². The van der Waals surface area contributed by atoms with Crippen LogP contribution in [0.5, 0.6) is 0 Å². The van der Waals surface area contributed by atoms with Crippen LogP contribution in [0.1, 0.15) is 19.0 Å². The molecule has 1 saturated heterocycles. The summed E-state index contributed by atoms with van der Waals surface area (Å²) in [5, 5.41) is 6.38. The highest BCUT2D eigenvalue weighted by molar-refractivity contribution is 7.13. The maximum Gasteiger partial charge on any atom is 0.185 e. The molecule has 0 saturated carbocycles. The lowest BCUT2D eigenvalue weighted by atomic mass is 10.2. The van der Waals surface area contributed by atoms with Gasteiger partial charge in [0.1, 0.15) is 0 Å². The van der Waals surface area contributed by atoms with Gasteiger partial charge in [-0.1, -0.05) is 6.92 Å². The van der Waals surface area contributed by atoms with Crippen molar-refractivity contribution < 1.29 is 4.74 Å². The molecule has 1 aromatic rings. The molecule has 90 valence electrons. The second kappa shape index (κ2) is 5.61. The van der Waals surface area contributed by atoms with Gasteiger partial charge in [-0.2, -0.15) is 0 Å². The summed E-state index contributed by atoms with van der Waals surface area (Å²) in [5.74, 6) is 0. The number of nitrogens with one attached hydrogen (secondary N) is 1. The first-order valence-corrected chi connectivity index (χ1v) is 6.67. The summed E-state index contributed by atoms with van der Waals surface area (Å²) in [7, 11) is 1.95. The van der Waals surface area contributed by atoms with E-state index in [1.54, 1.807) is 11.3 Å². The number of hydrogen-bond acceptors (Lipinski definition) is 5. The molecule has 0 bridgehead atoms. The summed E-state index contributed by atoms with van der Waals surface area (Å²) in [5.41, 5.74) is 1.13. The molecule has 0 aliphatic carbocycles. The first-order valence-electron chi connectivity index (χ1n) is 5.79. The Hall–Kier alpha value is -0.650. The maximum atomic E-state index is 5.66. The van der Waals surface area contributed by atoms with E-state index in [-0.39, 0.29) is 0 Å². The van der Waals surface area contributed by atoms with Crippen LogP contribution >= 0.6 is 11.3 Å². The highest BCUT2D eigenvalue weighted by atomic mass is 32.1. The van der Waals surface area contributed by atoms with E-state index in [0.717, 1.165) is 43.5 Å². The van der Waals surface area contributed by atoms with Crippen LogP contribution in [0.4, 0.5) is 5.13 Å². The minimum Gasteiger partial charge on any atom is -0.375 e. The second-order valence-electron chi connectivity index (χ2n) is 4.00. The molecule has 0 aromatic carbocycles. The van der Waals surface area contributed by atoms with Crippen LogP contribution in [-0.4, -0.2) is 37.8 Å². The summed E-state index contributed by atoms with van der Waals surface area (Å²) in [6.45, 7) is 5.77. The molecule has 4 nitrogen and oxygen atoms in total. The summed E-state index contributed by atoms with van der Waals surface area (Å²) in [4.78, 5) is 6.95. The van der Waals surface area contributed by atoms with Crippen molar-refractivity contribution in [3.63, 3.8) is 0 Å². The quantitative estimate of drug-likeness (QED) is 0.866. The average Bonchev–Trinajstić information content (AvgIpc) is 2.78. The molecule has 1 atom stereocenters. The highest BCUT2D eigenvalue weighted by Gasteiger charge is 2.21. The molecule has 1 unspecified atom stereocenters. The van der Waals surface area contributed by atoms with Crippen LogP contribution in [0.25, 0.3) is 0 Å². The third-order valence-electron chi connectivity index (χ3n) is 2.76. The number of hydrogen-bond donors (Lipinski definition) is 1. The van der Waals surface area contributed by atoms with Crippen LogP contribution in [-0.2, 0) is 11.3 Å². The van der Waals surface area contributed by atoms with E-state index in [0.29, 0.717) is 6.10 Å². The minimum absolute atomic E-state index is 0.366. The lowest BCUT2D eigenvalue weighted by Gasteiger charge is -2.32. The number of anilines is 1. The van der Waals surface area contributed by atoms with Crippen molar-refractivity contribution in [2.24, 2.45) is 0 Å². The minimum atomic E-state index is 0.366. The van der Waals surface area contributed by atoms with E-state index < -0.39 is 0 Å². The third-order valence-corrected chi connectivity index (χ3v) is 3.71. The van der Waals surface area contributed by atoms with Crippen LogP contribution in [0.2, 0.25) is 0 Å². The van der Waals surface area contributed by atoms with Gasteiger partial charge in [0.05, 0.1) is 18.4 Å². The molecule has 16 heavy (non-hydrogen) atoms. The Balaban J connectivity index is 1.99. The molecule has 1 N–H and O–H groups in total. The third kappa shape index (κ3) is 2.72. The van der Waals surface area contributed by atoms with Crippen LogP contribution in [0.3, 0.4) is 0 Å². The SMILES string of the molecule is CCC1CN(c2nc(CNC)cs2)CCO1. The highest BCUT2D eigenvalue weighted by Crippen LogP contribution is 2.23. The van der Waals surface area contributed by atoms with Crippen molar-refractivity contribution in [1.29, 1.82) is 0 Å². The molecule has 0 radical (unpaired) electrons. The number of nitrogens with zero attached hydrogens (tertiary/aromatic N) is 2. The van der Waals surface area contributed by atoms with Gasteiger partial charge in [0.25, 0.3) is 0 Å². The molecule has 0 amide bonds.